The van der Waals surface area contributed by atoms with Gasteiger partial charge in [-0.15, -0.1) is 12.3 Å². The normalized spacial score (nSPS) is 14.3. The lowest BCUT2D eigenvalue weighted by atomic mass is 10.2. The Morgan fingerprint density at radius 3 is 2.30 bits per heavy atom. The molecule has 58 valence electrons. The van der Waals surface area contributed by atoms with Gasteiger partial charge in [0.15, 0.2) is 8.32 Å². The summed E-state index contributed by atoms with van der Waals surface area (Å²) < 4.78 is 5.58. The molecule has 0 amide bonds. The highest BCUT2D eigenvalue weighted by atomic mass is 28.4. The molecule has 1 unspecified atom stereocenters. The van der Waals surface area contributed by atoms with Gasteiger partial charge in [-0.05, 0) is 26.6 Å². The molecule has 0 saturated heterocycles. The first-order valence-corrected chi connectivity index (χ1v) is 6.96. The Labute approximate surface area is 64.9 Å². The summed E-state index contributed by atoms with van der Waals surface area (Å²) in [7, 11) is -1.33. The van der Waals surface area contributed by atoms with Crippen LogP contribution in [0.5, 0.6) is 0 Å². The monoisotopic (exact) mass is 156 g/mol. The van der Waals surface area contributed by atoms with Gasteiger partial charge in [-0.25, -0.2) is 0 Å². The Morgan fingerprint density at radius 2 is 2.00 bits per heavy atom. The van der Waals surface area contributed by atoms with E-state index in [2.05, 4.69) is 25.6 Å². The van der Waals surface area contributed by atoms with Crippen molar-refractivity contribution in [3.8, 4) is 12.3 Å². The number of hydrogen-bond acceptors (Lipinski definition) is 1. The van der Waals surface area contributed by atoms with Crippen molar-refractivity contribution in [3.05, 3.63) is 0 Å². The minimum absolute atomic E-state index is 0.256. The molecule has 0 heterocycles. The third-order valence-electron chi connectivity index (χ3n) is 1.05. The van der Waals surface area contributed by atoms with E-state index in [0.29, 0.717) is 6.61 Å². The van der Waals surface area contributed by atoms with Gasteiger partial charge in [0.05, 0.1) is 0 Å². The molecular weight excluding hydrogens is 140 g/mol. The highest BCUT2D eigenvalue weighted by Crippen LogP contribution is 2.04. The lowest BCUT2D eigenvalue weighted by Gasteiger charge is -2.18. The number of hydrogen-bond donors (Lipinski definition) is 0. The van der Waals surface area contributed by atoms with Gasteiger partial charge < -0.3 is 4.43 Å². The SMILES string of the molecule is C#CC(C)CO[Si](C)(C)C. The van der Waals surface area contributed by atoms with Crippen LogP contribution in [0.15, 0.2) is 0 Å². The Balaban J connectivity index is 3.48. The molecule has 0 spiro atoms. The topological polar surface area (TPSA) is 9.23 Å². The first-order valence-electron chi connectivity index (χ1n) is 3.56. The van der Waals surface area contributed by atoms with Gasteiger partial charge in [-0.2, -0.15) is 0 Å². The van der Waals surface area contributed by atoms with E-state index < -0.39 is 8.32 Å². The summed E-state index contributed by atoms with van der Waals surface area (Å²) in [6, 6.07) is 0. The molecule has 0 saturated carbocycles. The van der Waals surface area contributed by atoms with E-state index in [1.165, 1.54) is 0 Å². The van der Waals surface area contributed by atoms with E-state index in [4.69, 9.17) is 10.8 Å². The lowest BCUT2D eigenvalue weighted by molar-refractivity contribution is 0.283. The van der Waals surface area contributed by atoms with E-state index in [9.17, 15) is 0 Å². The average Bonchev–Trinajstić information content (AvgIpc) is 1.81. The molecule has 0 radical (unpaired) electrons. The second-order valence-electron chi connectivity index (χ2n) is 3.49. The van der Waals surface area contributed by atoms with Gasteiger partial charge in [0, 0.05) is 12.5 Å². The Kier molecular flexibility index (Phi) is 3.70. The van der Waals surface area contributed by atoms with E-state index in [0.717, 1.165) is 0 Å². The average molecular weight is 156 g/mol. The number of rotatable bonds is 3. The van der Waals surface area contributed by atoms with Crippen LogP contribution in [0, 0.1) is 18.3 Å². The van der Waals surface area contributed by atoms with Crippen molar-refractivity contribution in [2.24, 2.45) is 5.92 Å². The predicted molar refractivity (Wildman–Crippen MR) is 47.3 cm³/mol. The zero-order valence-electron chi connectivity index (χ0n) is 7.27. The summed E-state index contributed by atoms with van der Waals surface area (Å²) >= 11 is 0. The molecule has 0 fully saturated rings. The molecule has 0 aliphatic heterocycles. The second-order valence-corrected chi connectivity index (χ2v) is 8.00. The fraction of sp³-hybridized carbons (Fsp3) is 0.750. The van der Waals surface area contributed by atoms with Crippen molar-refractivity contribution < 1.29 is 4.43 Å². The fourth-order valence-electron chi connectivity index (χ4n) is 0.423. The third-order valence-corrected chi connectivity index (χ3v) is 2.08. The van der Waals surface area contributed by atoms with E-state index >= 15 is 0 Å². The fourth-order valence-corrected chi connectivity index (χ4v) is 1.17. The highest BCUT2D eigenvalue weighted by molar-refractivity contribution is 6.69. The van der Waals surface area contributed by atoms with Crippen LogP contribution in [0.2, 0.25) is 19.6 Å². The maximum absolute atomic E-state index is 5.58. The van der Waals surface area contributed by atoms with Gasteiger partial charge in [-0.3, -0.25) is 0 Å². The van der Waals surface area contributed by atoms with Crippen molar-refractivity contribution in [2.75, 3.05) is 6.61 Å². The Morgan fingerprint density at radius 1 is 1.50 bits per heavy atom. The molecule has 0 bridgehead atoms. The van der Waals surface area contributed by atoms with E-state index in [-0.39, 0.29) is 5.92 Å². The molecule has 0 N–H and O–H groups in total. The number of terminal acetylenes is 1. The summed E-state index contributed by atoms with van der Waals surface area (Å²) in [5.41, 5.74) is 0. The van der Waals surface area contributed by atoms with Crippen LogP contribution in [-0.4, -0.2) is 14.9 Å². The van der Waals surface area contributed by atoms with Crippen LogP contribution in [-0.2, 0) is 4.43 Å². The van der Waals surface area contributed by atoms with Gasteiger partial charge in [-0.1, -0.05) is 0 Å². The summed E-state index contributed by atoms with van der Waals surface area (Å²) in [4.78, 5) is 0. The van der Waals surface area contributed by atoms with Crippen LogP contribution in [0.25, 0.3) is 0 Å². The molecule has 1 nitrogen and oxygen atoms in total. The van der Waals surface area contributed by atoms with Crippen LogP contribution < -0.4 is 0 Å². The van der Waals surface area contributed by atoms with Crippen molar-refractivity contribution in [2.45, 2.75) is 26.6 Å². The summed E-state index contributed by atoms with van der Waals surface area (Å²) in [6.07, 6.45) is 5.19. The Hall–Kier alpha value is -0.263. The maximum atomic E-state index is 5.58. The zero-order chi connectivity index (χ0) is 8.20. The molecule has 2 heteroatoms. The van der Waals surface area contributed by atoms with Crippen LogP contribution in [0.3, 0.4) is 0 Å². The molecule has 10 heavy (non-hydrogen) atoms. The summed E-state index contributed by atoms with van der Waals surface area (Å²) in [5, 5.41) is 0. The maximum Gasteiger partial charge on any atom is 0.183 e. The molecule has 0 aromatic heterocycles. The second kappa shape index (κ2) is 3.80. The molecular formula is C8H16OSi. The van der Waals surface area contributed by atoms with Crippen LogP contribution in [0.4, 0.5) is 0 Å². The smallest absolute Gasteiger partial charge is 0.183 e. The predicted octanol–water partition coefficient (Wildman–Crippen LogP) is 2.11. The standard InChI is InChI=1S/C8H16OSi/c1-6-8(2)7-9-10(3,4)5/h1,8H,7H2,2-5H3. The zero-order valence-corrected chi connectivity index (χ0v) is 8.27. The first-order chi connectivity index (χ1) is 4.45. The van der Waals surface area contributed by atoms with E-state index in [1.54, 1.807) is 0 Å². The summed E-state index contributed by atoms with van der Waals surface area (Å²) in [6.45, 7) is 9.20. The molecule has 1 atom stereocenters. The van der Waals surface area contributed by atoms with Crippen molar-refractivity contribution in [3.63, 3.8) is 0 Å². The molecule has 0 aromatic carbocycles. The van der Waals surface area contributed by atoms with E-state index in [1.807, 2.05) is 6.92 Å². The van der Waals surface area contributed by atoms with Gasteiger partial charge in [0.1, 0.15) is 0 Å². The summed E-state index contributed by atoms with van der Waals surface area (Å²) in [5.74, 6) is 2.89. The minimum atomic E-state index is -1.33. The molecule has 0 aliphatic carbocycles. The minimum Gasteiger partial charge on any atom is -0.416 e. The Bertz CT molecular complexity index is 129. The van der Waals surface area contributed by atoms with Crippen LogP contribution in [0.1, 0.15) is 6.92 Å². The quantitative estimate of drug-likeness (QED) is 0.449. The van der Waals surface area contributed by atoms with Crippen LogP contribution >= 0.6 is 0 Å². The third kappa shape index (κ3) is 5.87. The highest BCUT2D eigenvalue weighted by Gasteiger charge is 2.14. The molecule has 0 rings (SSSR count). The van der Waals surface area contributed by atoms with Gasteiger partial charge in [0.2, 0.25) is 0 Å². The van der Waals surface area contributed by atoms with Crippen molar-refractivity contribution in [1.82, 2.24) is 0 Å². The van der Waals surface area contributed by atoms with Gasteiger partial charge >= 0.3 is 0 Å². The van der Waals surface area contributed by atoms with Crippen molar-refractivity contribution in [1.29, 1.82) is 0 Å². The van der Waals surface area contributed by atoms with Crippen molar-refractivity contribution >= 4 is 8.32 Å². The van der Waals surface area contributed by atoms with Gasteiger partial charge in [0.25, 0.3) is 0 Å². The molecule has 0 aliphatic rings. The lowest BCUT2D eigenvalue weighted by Crippen LogP contribution is -2.27. The molecule has 0 aromatic rings. The largest absolute Gasteiger partial charge is 0.416 e. The first kappa shape index (κ1) is 9.74.